The predicted molar refractivity (Wildman–Crippen MR) is 378 cm³/mol. The Kier molecular flexibility index (Phi) is 26.0. The predicted octanol–water partition coefficient (Wildman–Crippen LogP) is 3.40. The van der Waals surface area contributed by atoms with Crippen LogP contribution < -0.4 is 48.3 Å². The fourth-order valence-corrected chi connectivity index (χ4v) is 13.7. The first-order valence-electron chi connectivity index (χ1n) is 33.2. The van der Waals surface area contributed by atoms with E-state index in [2.05, 4.69) is 108 Å². The maximum absolute atomic E-state index is 15.1. The number of carboxylic acids is 1. The smallest absolute Gasteiger partial charge is 0.326 e. The lowest BCUT2D eigenvalue weighted by molar-refractivity contribution is -0.142. The van der Waals surface area contributed by atoms with Gasteiger partial charge in [-0.15, -0.1) is 0 Å². The number of fused-ring (bicyclic) bond motifs is 3. The number of aliphatic carboxylic acids is 1. The fourth-order valence-electron chi connectivity index (χ4n) is 13.2. The molecule has 0 bridgehead atoms. The molecule has 0 saturated carbocycles. The first kappa shape index (κ1) is 73.0. The van der Waals surface area contributed by atoms with Gasteiger partial charge in [0.2, 0.25) is 47.3 Å². The minimum atomic E-state index is -1.73. The molecule has 1 aliphatic carbocycles. The number of benzene rings is 5. The van der Waals surface area contributed by atoms with Gasteiger partial charge in [0, 0.05) is 89.9 Å². The van der Waals surface area contributed by atoms with Gasteiger partial charge in [0.1, 0.15) is 54.1 Å². The molecule has 1 fully saturated rings. The van der Waals surface area contributed by atoms with Crippen LogP contribution in [0.5, 0.6) is 5.75 Å². The van der Waals surface area contributed by atoms with Crippen molar-refractivity contribution in [1.82, 2.24) is 57.4 Å². The number of carbonyl (C=O) groups excluding carboxylic acids is 8. The Balaban J connectivity index is 0.930. The summed E-state index contributed by atoms with van der Waals surface area (Å²) in [4.78, 5) is 138. The van der Waals surface area contributed by atoms with Crippen LogP contribution in [0.25, 0.3) is 21.8 Å². The van der Waals surface area contributed by atoms with Crippen molar-refractivity contribution in [3.05, 3.63) is 173 Å². The molecule has 26 heteroatoms. The first-order valence-corrected chi connectivity index (χ1v) is 34.5. The Morgan fingerprint density at radius 3 is 1.68 bits per heavy atom. The van der Waals surface area contributed by atoms with Crippen LogP contribution >= 0.6 is 25.3 Å². The number of carboxylic acid groups (broad SMARTS) is 1. The van der Waals surface area contributed by atoms with E-state index in [1.54, 1.807) is 54.7 Å². The number of thiol groups is 2. The zero-order valence-electron chi connectivity index (χ0n) is 54.7. The highest BCUT2D eigenvalue weighted by molar-refractivity contribution is 7.80. The number of aromatic hydroxyl groups is 1. The number of piperidine rings is 1. The fraction of sp³-hybridized carbons (Fsp3) is 0.403. The number of nitrogens with zero attached hydrogens (tertiary/aromatic N) is 1. The average molecular weight is 1380 g/mol. The van der Waals surface area contributed by atoms with E-state index in [1.807, 2.05) is 54.6 Å². The molecule has 520 valence electrons. The van der Waals surface area contributed by atoms with Gasteiger partial charge in [-0.25, -0.2) is 4.79 Å². The highest BCUT2D eigenvalue weighted by atomic mass is 32.1. The van der Waals surface area contributed by atoms with E-state index in [0.717, 1.165) is 30.5 Å². The number of aliphatic hydroxyl groups excluding tert-OH is 1. The minimum Gasteiger partial charge on any atom is -0.508 e. The SMILES string of the molecule is CCCN1C[C@H](C(=O)N[C@H](Cc2ccccc2)C(=O)N[C@@H](CS)C(=O)N[C@@H](Cc2ccc(O)cc2)C(=O)N[C@H](Cc2c[nH]c3ccccc23)C(=O)N[C@@H](CCCCN)C(=O)N[C@H](C(=O)N[C@@H](CS)C(=O)N[C@@H](Cc2ccccc2)C(=O)O)[C@@H](C)O)CC2c3cccc4[nH]cc(c34)CC21. The van der Waals surface area contributed by atoms with Gasteiger partial charge in [-0.1, -0.05) is 110 Å². The van der Waals surface area contributed by atoms with E-state index in [0.29, 0.717) is 47.0 Å². The molecule has 15 N–H and O–H groups in total. The molecule has 8 amide bonds. The van der Waals surface area contributed by atoms with Gasteiger partial charge >= 0.3 is 5.97 Å². The summed E-state index contributed by atoms with van der Waals surface area (Å²) >= 11 is 8.75. The molecule has 98 heavy (non-hydrogen) atoms. The second kappa shape index (κ2) is 34.8. The molecule has 9 rings (SSSR count). The second-order valence-electron chi connectivity index (χ2n) is 25.3. The minimum absolute atomic E-state index is 0.0475. The Morgan fingerprint density at radius 2 is 1.08 bits per heavy atom. The van der Waals surface area contributed by atoms with Crippen molar-refractivity contribution in [1.29, 1.82) is 0 Å². The Morgan fingerprint density at radius 1 is 0.571 bits per heavy atom. The Labute approximate surface area is 579 Å². The van der Waals surface area contributed by atoms with Crippen molar-refractivity contribution in [2.45, 2.75) is 144 Å². The molecule has 3 heterocycles. The molecule has 1 saturated heterocycles. The normalized spacial score (nSPS) is 17.8. The number of phenols is 1. The maximum Gasteiger partial charge on any atom is 0.326 e. The molecule has 2 unspecified atom stereocenters. The van der Waals surface area contributed by atoms with E-state index >= 15 is 9.59 Å². The number of hydrogen-bond acceptors (Lipinski definition) is 15. The zero-order valence-corrected chi connectivity index (χ0v) is 56.5. The Hall–Kier alpha value is -9.21. The van der Waals surface area contributed by atoms with Crippen LogP contribution in [-0.2, 0) is 75.3 Å². The van der Waals surface area contributed by atoms with Crippen molar-refractivity contribution < 1.29 is 58.5 Å². The van der Waals surface area contributed by atoms with Crippen molar-refractivity contribution in [2.75, 3.05) is 31.1 Å². The highest BCUT2D eigenvalue weighted by Gasteiger charge is 2.44. The second-order valence-corrected chi connectivity index (χ2v) is 26.1. The number of nitrogens with two attached hydrogens (primary N) is 1. The van der Waals surface area contributed by atoms with Crippen LogP contribution in [0, 0.1) is 5.92 Å². The van der Waals surface area contributed by atoms with E-state index in [1.165, 1.54) is 35.6 Å². The quantitative estimate of drug-likeness (QED) is 0.0203. The lowest BCUT2D eigenvalue weighted by Gasteiger charge is -2.47. The molecular formula is C72H88N12O12S2. The van der Waals surface area contributed by atoms with Crippen molar-refractivity contribution in [3.63, 3.8) is 0 Å². The number of hydrogen-bond donors (Lipinski definition) is 16. The summed E-state index contributed by atoms with van der Waals surface area (Å²) in [6.07, 6.45) is 4.70. The number of carbonyl (C=O) groups is 9. The van der Waals surface area contributed by atoms with Gasteiger partial charge in [0.15, 0.2) is 0 Å². The number of phenolic OH excluding ortho intramolecular Hbond substituents is 1. The largest absolute Gasteiger partial charge is 0.508 e. The lowest BCUT2D eigenvalue weighted by Crippen LogP contribution is -2.62. The summed E-state index contributed by atoms with van der Waals surface area (Å²) in [7, 11) is 0. The molecular weight excluding hydrogens is 1290 g/mol. The maximum atomic E-state index is 15.1. The molecule has 12 atom stereocenters. The summed E-state index contributed by atoms with van der Waals surface area (Å²) in [6.45, 7) is 4.82. The zero-order chi connectivity index (χ0) is 70.0. The summed E-state index contributed by atoms with van der Waals surface area (Å²) in [5.41, 5.74) is 12.5. The van der Waals surface area contributed by atoms with Crippen LogP contribution in [0.15, 0.2) is 140 Å². The average Bonchev–Trinajstić information content (AvgIpc) is 1.71. The van der Waals surface area contributed by atoms with E-state index in [-0.39, 0.29) is 80.2 Å². The Bertz CT molecular complexity index is 3910. The molecule has 1 aliphatic heterocycles. The van der Waals surface area contributed by atoms with Gasteiger partial charge < -0.3 is 73.6 Å². The van der Waals surface area contributed by atoms with Crippen LogP contribution in [-0.4, -0.2) is 175 Å². The number of para-hydroxylation sites is 1. The van der Waals surface area contributed by atoms with Crippen LogP contribution in [0.2, 0.25) is 0 Å². The van der Waals surface area contributed by atoms with Gasteiger partial charge in [0.25, 0.3) is 0 Å². The number of aromatic amines is 2. The van der Waals surface area contributed by atoms with E-state index < -0.39 is 108 Å². The summed E-state index contributed by atoms with van der Waals surface area (Å²) in [6, 6.07) is 25.8. The van der Waals surface area contributed by atoms with Crippen LogP contribution in [0.4, 0.5) is 0 Å². The molecule has 2 aromatic heterocycles. The first-order chi connectivity index (χ1) is 47.2. The molecule has 2 aliphatic rings. The van der Waals surface area contributed by atoms with E-state index in [9.17, 15) is 48.9 Å². The number of rotatable bonds is 34. The third kappa shape index (κ3) is 18.9. The van der Waals surface area contributed by atoms with Crippen molar-refractivity contribution in [2.24, 2.45) is 11.7 Å². The number of aliphatic hydroxyl groups is 1. The summed E-state index contributed by atoms with van der Waals surface area (Å²) in [5.74, 6) is -8.81. The standard InChI is InChI=1S/C72H88N12O12S2/c1-3-29-84-38-47(33-51-50-20-14-23-53-62(50)46(37-75-53)35-61(51)84)64(87)77-55(30-42-15-6-4-7-16-42)67(90)81-59(39-97)69(92)78-56(31-44-24-26-48(86)27-25-44)66(89)79-57(34-45-36-74-52-21-11-10-19-49(45)52)68(91)76-54(22-12-13-28-73)65(88)83-63(41(2)85)71(94)82-60(40-98)70(93)80-58(72(95)96)32-43-17-8-5-9-18-43/h4-11,14-21,23-27,36-37,41,47,51,54-61,63,74-75,85-86,97-98H,3,12-13,22,28-35,38-40,73H2,1-2H3,(H,76,91)(H,77,87)(H,78,92)(H,79,89)(H,80,93)(H,81,90)(H,82,94)(H,83,88)(H,95,96)/t41-,47-,51?,54+,55-,56+,57-,58+,59+,60+,61?,63+/m1/s1. The van der Waals surface area contributed by atoms with Gasteiger partial charge in [-0.2, -0.15) is 25.3 Å². The number of unbranched alkanes of at least 4 members (excludes halogenated alkanes) is 1. The summed E-state index contributed by atoms with van der Waals surface area (Å²) in [5, 5.41) is 54.8. The molecule has 0 spiro atoms. The number of H-pyrrole nitrogens is 2. The number of aromatic nitrogens is 2. The van der Waals surface area contributed by atoms with Gasteiger partial charge in [-0.3, -0.25) is 43.3 Å². The van der Waals surface area contributed by atoms with Gasteiger partial charge in [-0.05, 0) is 116 Å². The molecule has 5 aromatic carbocycles. The van der Waals surface area contributed by atoms with Crippen molar-refractivity contribution >= 4 is 100 Å². The molecule has 7 aromatic rings. The highest BCUT2D eigenvalue weighted by Crippen LogP contribution is 2.45. The third-order valence-corrected chi connectivity index (χ3v) is 19.0. The lowest BCUT2D eigenvalue weighted by atomic mass is 9.72. The monoisotopic (exact) mass is 1380 g/mol. The van der Waals surface area contributed by atoms with Crippen LogP contribution in [0.3, 0.4) is 0 Å². The van der Waals surface area contributed by atoms with E-state index in [4.69, 9.17) is 5.73 Å². The molecule has 0 radical (unpaired) electrons. The van der Waals surface area contributed by atoms with Gasteiger partial charge in [0.05, 0.1) is 12.0 Å². The number of amides is 8. The number of nitrogens with one attached hydrogen (secondary N) is 10. The third-order valence-electron chi connectivity index (χ3n) is 18.3. The number of likely N-dealkylation sites (tertiary alicyclic amines) is 1. The van der Waals surface area contributed by atoms with Crippen molar-refractivity contribution in [3.8, 4) is 5.75 Å². The topological polar surface area (TPSA) is 371 Å². The van der Waals surface area contributed by atoms with Crippen LogP contribution in [0.1, 0.15) is 85.3 Å². The summed E-state index contributed by atoms with van der Waals surface area (Å²) < 4.78 is 0. The molecule has 24 nitrogen and oxygen atoms in total.